The maximum absolute atomic E-state index is 12.6. The highest BCUT2D eigenvalue weighted by Crippen LogP contribution is 2.36. The van der Waals surface area contributed by atoms with Crippen LogP contribution in [0.4, 0.5) is 0 Å². The van der Waals surface area contributed by atoms with E-state index < -0.39 is 42.0 Å². The Bertz CT molecular complexity index is 1010. The van der Waals surface area contributed by atoms with E-state index in [-0.39, 0.29) is 19.0 Å². The molecule has 0 aromatic carbocycles. The van der Waals surface area contributed by atoms with Crippen LogP contribution in [0.25, 0.3) is 16.3 Å². The minimum Gasteiger partial charge on any atom is -0.463 e. The number of aromatic nitrogens is 5. The third-order valence-corrected chi connectivity index (χ3v) is 4.35. The summed E-state index contributed by atoms with van der Waals surface area (Å²) in [6.07, 6.45) is 1.25. The van der Waals surface area contributed by atoms with E-state index in [4.69, 9.17) is 19.7 Å². The summed E-state index contributed by atoms with van der Waals surface area (Å²) in [6.45, 7) is 2.16. The van der Waals surface area contributed by atoms with Gasteiger partial charge in [0.05, 0.1) is 0 Å². The summed E-state index contributed by atoms with van der Waals surface area (Å²) in [5.74, 6) is -1.58. The maximum Gasteiger partial charge on any atom is 0.351 e. The highest BCUT2D eigenvalue weighted by Gasteiger charge is 2.48. The molecule has 1 fully saturated rings. The molecule has 0 radical (unpaired) electrons. The van der Waals surface area contributed by atoms with Crippen LogP contribution in [-0.4, -0.2) is 61.6 Å². The van der Waals surface area contributed by atoms with Gasteiger partial charge >= 0.3 is 17.6 Å². The number of hydrogen-bond donors (Lipinski definition) is 0. The van der Waals surface area contributed by atoms with Crippen LogP contribution >= 0.6 is 0 Å². The zero-order valence-corrected chi connectivity index (χ0v) is 16.1. The molecular weight excluding hydrogens is 400 g/mol. The molecule has 30 heavy (non-hydrogen) atoms. The predicted octanol–water partition coefficient (Wildman–Crippen LogP) is 0.143. The molecule has 158 valence electrons. The van der Waals surface area contributed by atoms with E-state index in [0.717, 1.165) is 4.57 Å². The Morgan fingerprint density at radius 1 is 1.37 bits per heavy atom. The van der Waals surface area contributed by atoms with Crippen molar-refractivity contribution < 1.29 is 23.8 Å². The van der Waals surface area contributed by atoms with Crippen molar-refractivity contribution in [2.24, 2.45) is 11.0 Å². The predicted molar refractivity (Wildman–Crippen MR) is 97.0 cm³/mol. The lowest BCUT2D eigenvalue weighted by Crippen LogP contribution is -2.37. The summed E-state index contributed by atoms with van der Waals surface area (Å²) in [5.41, 5.74) is 8.00. The number of azide groups is 1. The summed E-state index contributed by atoms with van der Waals surface area (Å²) in [6, 6.07) is 1.51. The first-order valence-corrected chi connectivity index (χ1v) is 8.81. The van der Waals surface area contributed by atoms with Crippen molar-refractivity contribution in [2.75, 3.05) is 13.2 Å². The first-order chi connectivity index (χ1) is 14.4. The van der Waals surface area contributed by atoms with Crippen LogP contribution in [-0.2, 0) is 23.8 Å². The second kappa shape index (κ2) is 9.15. The van der Waals surface area contributed by atoms with Crippen molar-refractivity contribution in [3.05, 3.63) is 45.8 Å². The SMILES string of the molecule is CC(=O)OC[C@H]1O[C@@H](n2ccc(-n3cncn3)nc2=O)[C@H](OC(C)=O)[C@@H]1CN=[N+]=[N-]. The fourth-order valence-corrected chi connectivity index (χ4v) is 3.11. The number of rotatable bonds is 7. The molecule has 0 amide bonds. The minimum atomic E-state index is -1.07. The molecule has 0 N–H and O–H groups in total. The molecular formula is C16H18N8O6. The highest BCUT2D eigenvalue weighted by molar-refractivity contribution is 5.66. The molecule has 0 unspecified atom stereocenters. The van der Waals surface area contributed by atoms with E-state index in [1.165, 1.54) is 43.4 Å². The number of ether oxygens (including phenoxy) is 3. The van der Waals surface area contributed by atoms with Gasteiger partial charge < -0.3 is 14.2 Å². The van der Waals surface area contributed by atoms with Crippen molar-refractivity contribution in [3.8, 4) is 5.82 Å². The summed E-state index contributed by atoms with van der Waals surface area (Å²) in [4.78, 5) is 46.0. The lowest BCUT2D eigenvalue weighted by atomic mass is 9.98. The first kappa shape index (κ1) is 21.0. The van der Waals surface area contributed by atoms with Gasteiger partial charge in [0.15, 0.2) is 18.1 Å². The van der Waals surface area contributed by atoms with Crippen molar-refractivity contribution >= 4 is 11.9 Å². The van der Waals surface area contributed by atoms with Gasteiger partial charge in [0.2, 0.25) is 0 Å². The molecule has 3 heterocycles. The molecule has 0 bridgehead atoms. The van der Waals surface area contributed by atoms with Crippen molar-refractivity contribution in [1.29, 1.82) is 0 Å². The smallest absolute Gasteiger partial charge is 0.351 e. The largest absolute Gasteiger partial charge is 0.463 e. The molecule has 2 aromatic heterocycles. The average Bonchev–Trinajstić information content (AvgIpc) is 3.33. The van der Waals surface area contributed by atoms with Gasteiger partial charge in [-0.15, -0.1) is 0 Å². The molecule has 1 aliphatic rings. The quantitative estimate of drug-likeness (QED) is 0.262. The molecule has 1 saturated heterocycles. The van der Waals surface area contributed by atoms with Gasteiger partial charge in [-0.2, -0.15) is 10.1 Å². The van der Waals surface area contributed by atoms with Gasteiger partial charge in [0.1, 0.15) is 25.4 Å². The van der Waals surface area contributed by atoms with E-state index in [1.807, 2.05) is 0 Å². The molecule has 2 aromatic rings. The van der Waals surface area contributed by atoms with Crippen LogP contribution in [0.5, 0.6) is 0 Å². The van der Waals surface area contributed by atoms with Crippen molar-refractivity contribution in [2.45, 2.75) is 32.3 Å². The fraction of sp³-hybridized carbons (Fsp3) is 0.500. The van der Waals surface area contributed by atoms with Crippen molar-refractivity contribution in [3.63, 3.8) is 0 Å². The molecule has 3 rings (SSSR count). The standard InChI is InChI=1S/C16H18N8O6/c1-9(25)28-6-12-11(5-19-22-17)14(29-10(2)26)15(30-12)23-4-3-13(21-16(23)27)24-8-18-7-20-24/h3-4,7-8,11-12,14-15H,5-6H2,1-2H3/t11-,12-,14-,15-/m1/s1. The van der Waals surface area contributed by atoms with Crippen molar-refractivity contribution in [1.82, 2.24) is 24.3 Å². The Hall–Kier alpha value is -3.77. The van der Waals surface area contributed by atoms with Crippen LogP contribution in [0, 0.1) is 5.92 Å². The Balaban J connectivity index is 1.95. The lowest BCUT2D eigenvalue weighted by molar-refractivity contribution is -0.154. The normalized spacial score (nSPS) is 22.9. The highest BCUT2D eigenvalue weighted by atomic mass is 16.6. The maximum atomic E-state index is 12.6. The third-order valence-electron chi connectivity index (χ3n) is 4.35. The Kier molecular flexibility index (Phi) is 6.39. The van der Waals surface area contributed by atoms with Gasteiger partial charge in [-0.05, 0) is 11.6 Å². The lowest BCUT2D eigenvalue weighted by Gasteiger charge is -2.23. The Labute approximate surface area is 169 Å². The summed E-state index contributed by atoms with van der Waals surface area (Å²) >= 11 is 0. The summed E-state index contributed by atoms with van der Waals surface area (Å²) < 4.78 is 18.7. The van der Waals surface area contributed by atoms with Crippen LogP contribution < -0.4 is 5.69 Å². The topological polar surface area (TPSA) is 176 Å². The molecule has 0 spiro atoms. The zero-order chi connectivity index (χ0) is 21.7. The molecule has 14 heteroatoms. The molecule has 0 aliphatic carbocycles. The zero-order valence-electron chi connectivity index (χ0n) is 16.1. The summed E-state index contributed by atoms with van der Waals surface area (Å²) in [5, 5.41) is 7.44. The first-order valence-electron chi connectivity index (χ1n) is 8.81. The van der Waals surface area contributed by atoms with Gasteiger partial charge in [-0.3, -0.25) is 14.2 Å². The van der Waals surface area contributed by atoms with Crippen LogP contribution in [0.2, 0.25) is 0 Å². The fourth-order valence-electron chi connectivity index (χ4n) is 3.11. The minimum absolute atomic E-state index is 0.101. The Morgan fingerprint density at radius 3 is 2.77 bits per heavy atom. The van der Waals surface area contributed by atoms with Crippen LogP contribution in [0.3, 0.4) is 0 Å². The van der Waals surface area contributed by atoms with E-state index in [1.54, 1.807) is 0 Å². The monoisotopic (exact) mass is 418 g/mol. The van der Waals surface area contributed by atoms with Crippen LogP contribution in [0.15, 0.2) is 34.8 Å². The number of carbonyl (C=O) groups is 2. The van der Waals surface area contributed by atoms with Gasteiger partial charge in [-0.1, -0.05) is 5.11 Å². The van der Waals surface area contributed by atoms with Gasteiger partial charge in [0.25, 0.3) is 0 Å². The van der Waals surface area contributed by atoms with E-state index in [9.17, 15) is 14.4 Å². The van der Waals surface area contributed by atoms with Crippen LogP contribution in [0.1, 0.15) is 20.1 Å². The number of carbonyl (C=O) groups excluding carboxylic acids is 2. The molecule has 14 nitrogen and oxygen atoms in total. The van der Waals surface area contributed by atoms with Gasteiger partial charge in [-0.25, -0.2) is 14.5 Å². The number of nitrogens with zero attached hydrogens (tertiary/aromatic N) is 8. The number of hydrogen-bond acceptors (Lipinski definition) is 10. The molecule has 1 aliphatic heterocycles. The molecule has 4 atom stereocenters. The Morgan fingerprint density at radius 2 is 2.17 bits per heavy atom. The second-order valence-corrected chi connectivity index (χ2v) is 6.33. The van der Waals surface area contributed by atoms with E-state index in [2.05, 4.69) is 25.1 Å². The third kappa shape index (κ3) is 4.61. The molecule has 0 saturated carbocycles. The van der Waals surface area contributed by atoms with E-state index in [0.29, 0.717) is 0 Å². The van der Waals surface area contributed by atoms with Gasteiger partial charge in [0, 0.05) is 37.4 Å². The van der Waals surface area contributed by atoms with E-state index >= 15 is 0 Å². The summed E-state index contributed by atoms with van der Waals surface area (Å²) in [7, 11) is 0. The average molecular weight is 418 g/mol. The number of esters is 2. The second-order valence-electron chi connectivity index (χ2n) is 6.33.